The maximum Gasteiger partial charge on any atom is 0.251 e. The van der Waals surface area contributed by atoms with E-state index in [9.17, 15) is 4.79 Å². The molecule has 2 N–H and O–H groups in total. The van der Waals surface area contributed by atoms with Gasteiger partial charge in [0.1, 0.15) is 0 Å². The highest BCUT2D eigenvalue weighted by molar-refractivity contribution is 5.98. The van der Waals surface area contributed by atoms with Gasteiger partial charge in [-0.3, -0.25) is 4.79 Å². The van der Waals surface area contributed by atoms with Gasteiger partial charge in [-0.2, -0.15) is 0 Å². The zero-order valence-electron chi connectivity index (χ0n) is 11.7. The van der Waals surface area contributed by atoms with Crippen LogP contribution in [0.2, 0.25) is 0 Å². The van der Waals surface area contributed by atoms with E-state index < -0.39 is 0 Å². The molecule has 0 atom stereocenters. The Morgan fingerprint density at radius 2 is 1.95 bits per heavy atom. The fourth-order valence-electron chi connectivity index (χ4n) is 2.44. The van der Waals surface area contributed by atoms with Crippen LogP contribution in [-0.2, 0) is 0 Å². The lowest BCUT2D eigenvalue weighted by molar-refractivity contribution is 0.0932. The second-order valence-corrected chi connectivity index (χ2v) is 5.03. The first-order valence-electron chi connectivity index (χ1n) is 7.12. The third kappa shape index (κ3) is 3.37. The van der Waals surface area contributed by atoms with E-state index in [0.29, 0.717) is 6.04 Å². The van der Waals surface area contributed by atoms with E-state index in [1.54, 1.807) is 0 Å². The molecule has 0 aliphatic heterocycles. The third-order valence-corrected chi connectivity index (χ3v) is 3.43. The summed E-state index contributed by atoms with van der Waals surface area (Å²) < 4.78 is 0. The van der Waals surface area contributed by atoms with Gasteiger partial charge < -0.3 is 10.3 Å². The molecular weight excluding hydrogens is 236 g/mol. The summed E-state index contributed by atoms with van der Waals surface area (Å²) in [7, 11) is 0. The standard InChI is InChI=1S/C16H22N2O/c1-3-5-14(6-4-2)18-16(19)13-8-7-12-9-10-17-15(12)11-13/h7-11,14,17H,3-6H2,1-2H3,(H,18,19). The quantitative estimate of drug-likeness (QED) is 0.811. The molecule has 3 heteroatoms. The summed E-state index contributed by atoms with van der Waals surface area (Å²) in [5.74, 6) is 0.0309. The topological polar surface area (TPSA) is 44.9 Å². The zero-order chi connectivity index (χ0) is 13.7. The fraction of sp³-hybridized carbons (Fsp3) is 0.438. The van der Waals surface area contributed by atoms with E-state index in [4.69, 9.17) is 0 Å². The molecule has 0 spiro atoms. The number of carbonyl (C=O) groups excluding carboxylic acids is 1. The molecule has 0 aliphatic carbocycles. The fourth-order valence-corrected chi connectivity index (χ4v) is 2.44. The van der Waals surface area contributed by atoms with Gasteiger partial charge in [-0.15, -0.1) is 0 Å². The highest BCUT2D eigenvalue weighted by atomic mass is 16.1. The minimum atomic E-state index is 0.0309. The van der Waals surface area contributed by atoms with E-state index in [1.807, 2.05) is 30.5 Å². The molecule has 1 aromatic carbocycles. The SMILES string of the molecule is CCCC(CCC)NC(=O)c1ccc2cc[nH]c2c1. The second-order valence-electron chi connectivity index (χ2n) is 5.03. The molecule has 0 saturated carbocycles. The van der Waals surface area contributed by atoms with Crippen molar-refractivity contribution in [2.45, 2.75) is 45.6 Å². The minimum absolute atomic E-state index is 0.0309. The Kier molecular flexibility index (Phi) is 4.61. The molecule has 3 nitrogen and oxygen atoms in total. The number of hydrogen-bond donors (Lipinski definition) is 2. The summed E-state index contributed by atoms with van der Waals surface area (Å²) in [6.45, 7) is 4.31. The smallest absolute Gasteiger partial charge is 0.251 e. The van der Waals surface area contributed by atoms with Crippen LogP contribution in [0.5, 0.6) is 0 Å². The van der Waals surface area contributed by atoms with Crippen LogP contribution in [0.3, 0.4) is 0 Å². The summed E-state index contributed by atoms with van der Waals surface area (Å²) in [5, 5.41) is 4.27. The molecule has 1 amide bonds. The minimum Gasteiger partial charge on any atom is -0.361 e. The van der Waals surface area contributed by atoms with Crippen LogP contribution in [0.25, 0.3) is 10.9 Å². The molecule has 0 radical (unpaired) electrons. The predicted octanol–water partition coefficient (Wildman–Crippen LogP) is 3.87. The number of carbonyl (C=O) groups is 1. The molecule has 0 fully saturated rings. The second kappa shape index (κ2) is 6.41. The summed E-state index contributed by atoms with van der Waals surface area (Å²) >= 11 is 0. The van der Waals surface area contributed by atoms with Gasteiger partial charge in [-0.1, -0.05) is 32.8 Å². The number of fused-ring (bicyclic) bond motifs is 1. The number of hydrogen-bond acceptors (Lipinski definition) is 1. The van der Waals surface area contributed by atoms with Crippen molar-refractivity contribution in [1.29, 1.82) is 0 Å². The molecule has 2 aromatic rings. The first-order chi connectivity index (χ1) is 9.24. The summed E-state index contributed by atoms with van der Waals surface area (Å²) in [5.41, 5.74) is 1.74. The molecular formula is C16H22N2O. The molecule has 1 aromatic heterocycles. The van der Waals surface area contributed by atoms with Crippen molar-refractivity contribution < 1.29 is 4.79 Å². The monoisotopic (exact) mass is 258 g/mol. The van der Waals surface area contributed by atoms with Gasteiger partial charge in [-0.05, 0) is 36.4 Å². The number of amides is 1. The van der Waals surface area contributed by atoms with Gasteiger partial charge in [0.05, 0.1) is 0 Å². The van der Waals surface area contributed by atoms with E-state index in [0.717, 1.165) is 42.1 Å². The highest BCUT2D eigenvalue weighted by Gasteiger charge is 2.12. The van der Waals surface area contributed by atoms with Crippen molar-refractivity contribution in [3.63, 3.8) is 0 Å². The van der Waals surface area contributed by atoms with Crippen molar-refractivity contribution in [3.05, 3.63) is 36.0 Å². The molecule has 0 unspecified atom stereocenters. The van der Waals surface area contributed by atoms with Gasteiger partial charge in [0.25, 0.3) is 5.91 Å². The number of rotatable bonds is 6. The van der Waals surface area contributed by atoms with E-state index in [-0.39, 0.29) is 5.91 Å². The molecule has 2 rings (SSSR count). The Morgan fingerprint density at radius 1 is 1.21 bits per heavy atom. The lowest BCUT2D eigenvalue weighted by Gasteiger charge is -2.17. The number of benzene rings is 1. The molecule has 0 aliphatic rings. The van der Waals surface area contributed by atoms with Gasteiger partial charge in [0, 0.05) is 23.3 Å². The van der Waals surface area contributed by atoms with Gasteiger partial charge in [0.2, 0.25) is 0 Å². The van der Waals surface area contributed by atoms with Crippen LogP contribution < -0.4 is 5.32 Å². The van der Waals surface area contributed by atoms with E-state index >= 15 is 0 Å². The van der Waals surface area contributed by atoms with Crippen molar-refractivity contribution in [2.24, 2.45) is 0 Å². The molecule has 1 heterocycles. The lowest BCUT2D eigenvalue weighted by atomic mass is 10.1. The average molecular weight is 258 g/mol. The highest BCUT2D eigenvalue weighted by Crippen LogP contribution is 2.15. The Bertz CT molecular complexity index is 538. The van der Waals surface area contributed by atoms with Crippen molar-refractivity contribution in [1.82, 2.24) is 10.3 Å². The first kappa shape index (κ1) is 13.7. The van der Waals surface area contributed by atoms with Crippen molar-refractivity contribution in [3.8, 4) is 0 Å². The van der Waals surface area contributed by atoms with Crippen LogP contribution in [-0.4, -0.2) is 16.9 Å². The Morgan fingerprint density at radius 3 is 2.63 bits per heavy atom. The number of aromatic nitrogens is 1. The van der Waals surface area contributed by atoms with Crippen molar-refractivity contribution >= 4 is 16.8 Å². The molecule has 0 saturated heterocycles. The molecule has 0 bridgehead atoms. The average Bonchev–Trinajstić information content (AvgIpc) is 2.86. The summed E-state index contributed by atoms with van der Waals surface area (Å²) in [6.07, 6.45) is 6.18. The van der Waals surface area contributed by atoms with E-state index in [2.05, 4.69) is 24.1 Å². The van der Waals surface area contributed by atoms with Crippen LogP contribution in [0, 0.1) is 0 Å². The largest absolute Gasteiger partial charge is 0.361 e. The maximum atomic E-state index is 12.2. The van der Waals surface area contributed by atoms with Crippen LogP contribution in [0.1, 0.15) is 49.9 Å². The molecule has 102 valence electrons. The number of aromatic amines is 1. The van der Waals surface area contributed by atoms with Gasteiger partial charge in [-0.25, -0.2) is 0 Å². The van der Waals surface area contributed by atoms with Gasteiger partial charge >= 0.3 is 0 Å². The zero-order valence-corrected chi connectivity index (χ0v) is 11.7. The lowest BCUT2D eigenvalue weighted by Crippen LogP contribution is -2.34. The van der Waals surface area contributed by atoms with E-state index in [1.165, 1.54) is 0 Å². The Balaban J connectivity index is 2.09. The number of nitrogens with one attached hydrogen (secondary N) is 2. The number of H-pyrrole nitrogens is 1. The molecule has 19 heavy (non-hydrogen) atoms. The first-order valence-corrected chi connectivity index (χ1v) is 7.12. The Hall–Kier alpha value is -1.77. The summed E-state index contributed by atoms with van der Waals surface area (Å²) in [6, 6.07) is 8.09. The maximum absolute atomic E-state index is 12.2. The van der Waals surface area contributed by atoms with Gasteiger partial charge in [0.15, 0.2) is 0 Å². The third-order valence-electron chi connectivity index (χ3n) is 3.43. The predicted molar refractivity (Wildman–Crippen MR) is 79.4 cm³/mol. The summed E-state index contributed by atoms with van der Waals surface area (Å²) in [4.78, 5) is 15.4. The van der Waals surface area contributed by atoms with Crippen molar-refractivity contribution in [2.75, 3.05) is 0 Å². The van der Waals surface area contributed by atoms with Crippen LogP contribution in [0.4, 0.5) is 0 Å². The van der Waals surface area contributed by atoms with Crippen LogP contribution >= 0.6 is 0 Å². The van der Waals surface area contributed by atoms with Crippen LogP contribution in [0.15, 0.2) is 30.5 Å². The Labute approximate surface area is 114 Å². The normalized spacial score (nSPS) is 11.1.